The summed E-state index contributed by atoms with van der Waals surface area (Å²) in [7, 11) is 0. The molecule has 134 valence electrons. The number of hydrogen-bond acceptors (Lipinski definition) is 5. The number of carbonyl (C=O) groups is 2. The second kappa shape index (κ2) is 9.27. The van der Waals surface area contributed by atoms with Crippen molar-refractivity contribution in [2.45, 2.75) is 18.7 Å². The van der Waals surface area contributed by atoms with Gasteiger partial charge in [-0.25, -0.2) is 0 Å². The second-order valence-electron chi connectivity index (χ2n) is 5.57. The van der Waals surface area contributed by atoms with Gasteiger partial charge in [0.25, 0.3) is 5.91 Å². The van der Waals surface area contributed by atoms with Crippen LogP contribution >= 0.6 is 23.4 Å². The van der Waals surface area contributed by atoms with Crippen LogP contribution in [0.15, 0.2) is 41.3 Å². The number of nitrogens with zero attached hydrogens (tertiary/aromatic N) is 1. The van der Waals surface area contributed by atoms with Crippen LogP contribution in [0.2, 0.25) is 5.02 Å². The monoisotopic (exact) mass is 388 g/mol. The Kier molecular flexibility index (Phi) is 7.07. The summed E-state index contributed by atoms with van der Waals surface area (Å²) in [6.45, 7) is 3.61. The van der Waals surface area contributed by atoms with Gasteiger partial charge in [-0.2, -0.15) is 5.26 Å². The highest BCUT2D eigenvalue weighted by molar-refractivity contribution is 8.00. The molecule has 0 saturated heterocycles. The Morgan fingerprint density at radius 2 is 2.00 bits per heavy atom. The van der Waals surface area contributed by atoms with Crippen LogP contribution in [0, 0.1) is 25.2 Å². The van der Waals surface area contributed by atoms with Crippen molar-refractivity contribution in [3.63, 3.8) is 0 Å². The van der Waals surface area contributed by atoms with Crippen LogP contribution in [-0.2, 0) is 14.3 Å². The number of rotatable bonds is 6. The summed E-state index contributed by atoms with van der Waals surface area (Å²) < 4.78 is 4.98. The van der Waals surface area contributed by atoms with Crippen LogP contribution in [-0.4, -0.2) is 24.2 Å². The number of amides is 1. The largest absolute Gasteiger partial charge is 0.455 e. The topological polar surface area (TPSA) is 79.2 Å². The number of halogens is 1. The predicted octanol–water partition coefficient (Wildman–Crippen LogP) is 4.10. The Bertz CT molecular complexity index is 878. The Morgan fingerprint density at radius 3 is 2.65 bits per heavy atom. The maximum atomic E-state index is 11.8. The van der Waals surface area contributed by atoms with Crippen molar-refractivity contribution in [1.82, 2.24) is 0 Å². The molecule has 0 aromatic heterocycles. The van der Waals surface area contributed by atoms with Crippen LogP contribution in [0.5, 0.6) is 0 Å². The maximum Gasteiger partial charge on any atom is 0.316 e. The van der Waals surface area contributed by atoms with Gasteiger partial charge in [-0.05, 0) is 43.7 Å². The number of benzene rings is 2. The number of esters is 1. The number of anilines is 1. The normalized spacial score (nSPS) is 10.1. The maximum absolute atomic E-state index is 11.8. The molecular formula is C19H17ClN2O3S. The van der Waals surface area contributed by atoms with Gasteiger partial charge in [0.1, 0.15) is 6.07 Å². The Hall–Kier alpha value is -2.49. The third kappa shape index (κ3) is 5.80. The first kappa shape index (κ1) is 19.8. The highest BCUT2D eigenvalue weighted by Crippen LogP contribution is 2.23. The van der Waals surface area contributed by atoms with Crippen LogP contribution in [0.1, 0.15) is 16.7 Å². The number of thioether (sulfide) groups is 1. The number of nitriles is 1. The number of ether oxygens (including phenoxy) is 1. The molecule has 0 heterocycles. The fraction of sp³-hybridized carbons (Fsp3) is 0.211. The van der Waals surface area contributed by atoms with E-state index in [1.165, 1.54) is 23.9 Å². The zero-order chi connectivity index (χ0) is 19.1. The van der Waals surface area contributed by atoms with E-state index in [1.54, 1.807) is 6.07 Å². The van der Waals surface area contributed by atoms with Crippen LogP contribution in [0.3, 0.4) is 0 Å². The average molecular weight is 389 g/mol. The Morgan fingerprint density at radius 1 is 1.23 bits per heavy atom. The summed E-state index contributed by atoms with van der Waals surface area (Å²) in [5.74, 6) is -0.821. The fourth-order valence-electron chi connectivity index (χ4n) is 2.17. The third-order valence-electron chi connectivity index (χ3n) is 3.41. The summed E-state index contributed by atoms with van der Waals surface area (Å²) in [5, 5.41) is 11.6. The van der Waals surface area contributed by atoms with E-state index >= 15 is 0 Å². The standard InChI is InChI=1S/C19H17ClN2O3S/c1-12-3-6-17(13(2)7-12)26-11-19(24)25-10-18(23)22-15-5-4-14(9-21)16(20)8-15/h3-8H,10-11H2,1-2H3,(H,22,23). The van der Waals surface area contributed by atoms with Crippen molar-refractivity contribution in [3.05, 3.63) is 58.1 Å². The van der Waals surface area contributed by atoms with Gasteiger partial charge in [-0.15, -0.1) is 11.8 Å². The van der Waals surface area contributed by atoms with E-state index in [2.05, 4.69) is 5.32 Å². The number of carbonyl (C=O) groups excluding carboxylic acids is 2. The quantitative estimate of drug-likeness (QED) is 0.595. The number of nitrogens with one attached hydrogen (secondary N) is 1. The summed E-state index contributed by atoms with van der Waals surface area (Å²) in [4.78, 5) is 24.7. The zero-order valence-corrected chi connectivity index (χ0v) is 15.9. The van der Waals surface area contributed by atoms with Gasteiger partial charge >= 0.3 is 5.97 Å². The predicted molar refractivity (Wildman–Crippen MR) is 102 cm³/mol. The summed E-state index contributed by atoms with van der Waals surface area (Å²) >= 11 is 7.27. The lowest BCUT2D eigenvalue weighted by atomic mass is 10.2. The van der Waals surface area contributed by atoms with Crippen LogP contribution in [0.4, 0.5) is 5.69 Å². The molecule has 26 heavy (non-hydrogen) atoms. The van der Waals surface area contributed by atoms with Gasteiger partial charge in [0.05, 0.1) is 16.3 Å². The molecule has 7 heteroatoms. The SMILES string of the molecule is Cc1ccc(SCC(=O)OCC(=O)Nc2ccc(C#N)c(Cl)c2)c(C)c1. The van der Waals surface area contributed by atoms with Crippen molar-refractivity contribution in [2.75, 3.05) is 17.7 Å². The first-order chi connectivity index (χ1) is 12.4. The minimum atomic E-state index is -0.476. The minimum Gasteiger partial charge on any atom is -0.455 e. The summed E-state index contributed by atoms with van der Waals surface area (Å²) in [6.07, 6.45) is 0. The van der Waals surface area contributed by atoms with E-state index in [9.17, 15) is 9.59 Å². The van der Waals surface area contributed by atoms with E-state index in [1.807, 2.05) is 38.1 Å². The first-order valence-electron chi connectivity index (χ1n) is 7.74. The van der Waals surface area contributed by atoms with E-state index < -0.39 is 11.9 Å². The summed E-state index contributed by atoms with van der Waals surface area (Å²) in [5.41, 5.74) is 3.01. The van der Waals surface area contributed by atoms with Gasteiger partial charge in [0.15, 0.2) is 6.61 Å². The van der Waals surface area contributed by atoms with E-state index in [-0.39, 0.29) is 17.4 Å². The highest BCUT2D eigenvalue weighted by atomic mass is 35.5. The molecule has 0 aliphatic rings. The molecule has 1 N–H and O–H groups in total. The summed E-state index contributed by atoms with van der Waals surface area (Å²) in [6, 6.07) is 12.5. The van der Waals surface area contributed by atoms with Crippen LogP contribution < -0.4 is 5.32 Å². The molecule has 2 aromatic carbocycles. The van der Waals surface area contributed by atoms with E-state index in [0.717, 1.165) is 16.0 Å². The lowest BCUT2D eigenvalue weighted by Crippen LogP contribution is -2.21. The van der Waals surface area contributed by atoms with Crippen molar-refractivity contribution in [2.24, 2.45) is 0 Å². The van der Waals surface area contributed by atoms with Crippen molar-refractivity contribution >= 4 is 40.9 Å². The molecule has 0 unspecified atom stereocenters. The molecule has 0 spiro atoms. The van der Waals surface area contributed by atoms with Crippen LogP contribution in [0.25, 0.3) is 0 Å². The Labute approximate surface area is 161 Å². The van der Waals surface area contributed by atoms with Gasteiger partial charge in [-0.1, -0.05) is 29.3 Å². The highest BCUT2D eigenvalue weighted by Gasteiger charge is 2.10. The molecule has 5 nitrogen and oxygen atoms in total. The van der Waals surface area contributed by atoms with E-state index in [0.29, 0.717) is 11.3 Å². The minimum absolute atomic E-state index is 0.125. The smallest absolute Gasteiger partial charge is 0.316 e. The van der Waals surface area contributed by atoms with Crippen molar-refractivity contribution < 1.29 is 14.3 Å². The molecule has 0 bridgehead atoms. The molecule has 0 aliphatic carbocycles. The van der Waals surface area contributed by atoms with Gasteiger partial charge < -0.3 is 10.1 Å². The molecular weight excluding hydrogens is 372 g/mol. The molecule has 0 saturated carbocycles. The molecule has 2 rings (SSSR count). The number of hydrogen-bond donors (Lipinski definition) is 1. The molecule has 2 aromatic rings. The Balaban J connectivity index is 1.79. The molecule has 0 fully saturated rings. The van der Waals surface area contributed by atoms with Crippen molar-refractivity contribution in [3.8, 4) is 6.07 Å². The lowest BCUT2D eigenvalue weighted by Gasteiger charge is -2.08. The number of aryl methyl sites for hydroxylation is 2. The molecule has 0 radical (unpaired) electrons. The fourth-order valence-corrected chi connectivity index (χ4v) is 3.20. The van der Waals surface area contributed by atoms with Crippen molar-refractivity contribution in [1.29, 1.82) is 5.26 Å². The third-order valence-corrected chi connectivity index (χ3v) is 4.88. The average Bonchev–Trinajstić information content (AvgIpc) is 2.59. The lowest BCUT2D eigenvalue weighted by molar-refractivity contribution is -0.144. The first-order valence-corrected chi connectivity index (χ1v) is 9.10. The van der Waals surface area contributed by atoms with Gasteiger partial charge in [-0.3, -0.25) is 9.59 Å². The second-order valence-corrected chi connectivity index (χ2v) is 7.00. The molecule has 0 atom stereocenters. The zero-order valence-electron chi connectivity index (χ0n) is 14.3. The van der Waals surface area contributed by atoms with E-state index in [4.69, 9.17) is 21.6 Å². The molecule has 0 aliphatic heterocycles. The van der Waals surface area contributed by atoms with Gasteiger partial charge in [0.2, 0.25) is 0 Å². The van der Waals surface area contributed by atoms with Gasteiger partial charge in [0, 0.05) is 10.6 Å². The molecule has 1 amide bonds.